The first-order valence-electron chi connectivity index (χ1n) is 7.22. The van der Waals surface area contributed by atoms with Gasteiger partial charge in [-0.15, -0.1) is 0 Å². The van der Waals surface area contributed by atoms with Gasteiger partial charge < -0.3 is 5.73 Å². The molecule has 0 amide bonds. The zero-order valence-corrected chi connectivity index (χ0v) is 12.7. The predicted molar refractivity (Wildman–Crippen MR) is 86.6 cm³/mol. The molecule has 2 aromatic rings. The normalized spacial score (nSPS) is 11.0. The monoisotopic (exact) mass is 268 g/mol. The highest BCUT2D eigenvalue weighted by Gasteiger charge is 2.09. The molecule has 0 saturated carbocycles. The topological polar surface area (TPSA) is 29.3 Å². The number of hydrogen-bond donors (Lipinski definition) is 1. The van der Waals surface area contributed by atoms with Crippen LogP contribution in [0.3, 0.4) is 0 Å². The van der Waals surface area contributed by atoms with Gasteiger partial charge in [0.2, 0.25) is 0 Å². The molecule has 0 radical (unpaired) electrons. The van der Waals surface area contributed by atoms with Crippen LogP contribution in [0.2, 0.25) is 0 Å². The molecule has 2 aromatic carbocycles. The van der Waals surface area contributed by atoms with Crippen LogP contribution in [0.5, 0.6) is 0 Å². The standard InChI is InChI=1S/C18H24N2/c1-4-20(12-16-8-10-17(19)11-9-16)13-18-14(2)6-5-7-15(18)3/h5-11H,4,12-13,19H2,1-3H3. The average Bonchev–Trinajstić information content (AvgIpc) is 2.44. The lowest BCUT2D eigenvalue weighted by Crippen LogP contribution is -2.23. The highest BCUT2D eigenvalue weighted by Crippen LogP contribution is 2.17. The van der Waals surface area contributed by atoms with Gasteiger partial charge in [0.05, 0.1) is 0 Å². The van der Waals surface area contributed by atoms with E-state index in [1.54, 1.807) is 0 Å². The number of nitrogen functional groups attached to an aromatic ring is 1. The molecule has 20 heavy (non-hydrogen) atoms. The fourth-order valence-electron chi connectivity index (χ4n) is 2.48. The lowest BCUT2D eigenvalue weighted by molar-refractivity contribution is 0.270. The van der Waals surface area contributed by atoms with Crippen LogP contribution in [0.1, 0.15) is 29.2 Å². The molecule has 0 atom stereocenters. The summed E-state index contributed by atoms with van der Waals surface area (Å²) in [4.78, 5) is 2.46. The second-order valence-corrected chi connectivity index (χ2v) is 5.42. The Morgan fingerprint density at radius 2 is 1.50 bits per heavy atom. The number of anilines is 1. The maximum Gasteiger partial charge on any atom is 0.0314 e. The smallest absolute Gasteiger partial charge is 0.0314 e. The van der Waals surface area contributed by atoms with Crippen molar-refractivity contribution in [2.75, 3.05) is 12.3 Å². The molecular formula is C18H24N2. The van der Waals surface area contributed by atoms with Gasteiger partial charge in [0.25, 0.3) is 0 Å². The molecule has 0 saturated heterocycles. The van der Waals surface area contributed by atoms with Crippen molar-refractivity contribution in [3.8, 4) is 0 Å². The van der Waals surface area contributed by atoms with Crippen LogP contribution in [-0.4, -0.2) is 11.4 Å². The van der Waals surface area contributed by atoms with E-state index in [-0.39, 0.29) is 0 Å². The lowest BCUT2D eigenvalue weighted by Gasteiger charge is -2.23. The van der Waals surface area contributed by atoms with Crippen LogP contribution in [0.4, 0.5) is 5.69 Å². The van der Waals surface area contributed by atoms with Crippen molar-refractivity contribution in [2.24, 2.45) is 0 Å². The maximum atomic E-state index is 5.74. The molecule has 2 heteroatoms. The van der Waals surface area contributed by atoms with Crippen LogP contribution in [0, 0.1) is 13.8 Å². The molecule has 2 nitrogen and oxygen atoms in total. The lowest BCUT2D eigenvalue weighted by atomic mass is 10.0. The number of benzene rings is 2. The van der Waals surface area contributed by atoms with Crippen molar-refractivity contribution < 1.29 is 0 Å². The third kappa shape index (κ3) is 3.61. The van der Waals surface area contributed by atoms with Crippen molar-refractivity contribution in [1.82, 2.24) is 4.90 Å². The van der Waals surface area contributed by atoms with Crippen LogP contribution >= 0.6 is 0 Å². The summed E-state index contributed by atoms with van der Waals surface area (Å²) in [6.45, 7) is 9.60. The zero-order chi connectivity index (χ0) is 14.5. The number of hydrogen-bond acceptors (Lipinski definition) is 2. The molecule has 0 bridgehead atoms. The molecule has 0 aliphatic rings. The Kier molecular flexibility index (Phi) is 4.80. The van der Waals surface area contributed by atoms with Crippen molar-refractivity contribution >= 4 is 5.69 Å². The van der Waals surface area contributed by atoms with Crippen molar-refractivity contribution in [1.29, 1.82) is 0 Å². The summed E-state index contributed by atoms with van der Waals surface area (Å²) < 4.78 is 0. The third-order valence-electron chi connectivity index (χ3n) is 3.86. The molecular weight excluding hydrogens is 244 g/mol. The van der Waals surface area contributed by atoms with Gasteiger partial charge in [0, 0.05) is 18.8 Å². The molecule has 0 spiro atoms. The van der Waals surface area contributed by atoms with Crippen molar-refractivity contribution in [2.45, 2.75) is 33.9 Å². The highest BCUT2D eigenvalue weighted by molar-refractivity contribution is 5.39. The summed E-state index contributed by atoms with van der Waals surface area (Å²) in [7, 11) is 0. The van der Waals surface area contributed by atoms with E-state index >= 15 is 0 Å². The van der Waals surface area contributed by atoms with Crippen LogP contribution in [0.25, 0.3) is 0 Å². The van der Waals surface area contributed by atoms with Gasteiger partial charge in [-0.25, -0.2) is 0 Å². The molecule has 0 fully saturated rings. The van der Waals surface area contributed by atoms with E-state index in [2.05, 4.69) is 56.0 Å². The Bertz CT molecular complexity index is 538. The minimum absolute atomic E-state index is 0.826. The molecule has 0 aliphatic heterocycles. The molecule has 106 valence electrons. The minimum atomic E-state index is 0.826. The Hall–Kier alpha value is -1.80. The Labute approximate surface area is 122 Å². The summed E-state index contributed by atoms with van der Waals surface area (Å²) >= 11 is 0. The molecule has 0 unspecified atom stereocenters. The van der Waals surface area contributed by atoms with Crippen LogP contribution in [-0.2, 0) is 13.1 Å². The van der Waals surface area contributed by atoms with Gasteiger partial charge in [-0.05, 0) is 54.8 Å². The first-order valence-corrected chi connectivity index (χ1v) is 7.22. The van der Waals surface area contributed by atoms with E-state index in [1.165, 1.54) is 22.3 Å². The number of nitrogens with two attached hydrogens (primary N) is 1. The summed E-state index contributed by atoms with van der Waals surface area (Å²) in [6.07, 6.45) is 0. The van der Waals surface area contributed by atoms with Gasteiger partial charge in [-0.2, -0.15) is 0 Å². The number of nitrogens with zero attached hydrogens (tertiary/aromatic N) is 1. The van der Waals surface area contributed by atoms with Crippen molar-refractivity contribution in [3.05, 3.63) is 64.7 Å². The SMILES string of the molecule is CCN(Cc1ccc(N)cc1)Cc1c(C)cccc1C. The van der Waals surface area contributed by atoms with E-state index < -0.39 is 0 Å². The van der Waals surface area contributed by atoms with Crippen LogP contribution in [0.15, 0.2) is 42.5 Å². The van der Waals surface area contributed by atoms with Gasteiger partial charge in [-0.3, -0.25) is 4.90 Å². The van der Waals surface area contributed by atoms with Gasteiger partial charge in [0.15, 0.2) is 0 Å². The quantitative estimate of drug-likeness (QED) is 0.833. The summed E-state index contributed by atoms with van der Waals surface area (Å²) in [5.41, 5.74) is 12.1. The zero-order valence-electron chi connectivity index (χ0n) is 12.7. The number of rotatable bonds is 5. The second-order valence-electron chi connectivity index (χ2n) is 5.42. The minimum Gasteiger partial charge on any atom is -0.399 e. The predicted octanol–water partition coefficient (Wildman–Crippen LogP) is 3.91. The summed E-state index contributed by atoms with van der Waals surface area (Å²) in [5, 5.41) is 0. The molecule has 2 N–H and O–H groups in total. The highest BCUT2D eigenvalue weighted by atomic mass is 15.1. The molecule has 0 heterocycles. The summed E-state index contributed by atoms with van der Waals surface area (Å²) in [6, 6.07) is 14.7. The Morgan fingerprint density at radius 3 is 2.05 bits per heavy atom. The van der Waals surface area contributed by atoms with Gasteiger partial charge in [0.1, 0.15) is 0 Å². The first-order chi connectivity index (χ1) is 9.60. The van der Waals surface area contributed by atoms with Gasteiger partial charge >= 0.3 is 0 Å². The third-order valence-corrected chi connectivity index (χ3v) is 3.86. The molecule has 0 aliphatic carbocycles. The number of aryl methyl sites for hydroxylation is 2. The first kappa shape index (κ1) is 14.6. The second kappa shape index (κ2) is 6.58. The average molecular weight is 268 g/mol. The molecule has 0 aromatic heterocycles. The Morgan fingerprint density at radius 1 is 0.900 bits per heavy atom. The van der Waals surface area contributed by atoms with E-state index in [0.717, 1.165) is 25.3 Å². The Balaban J connectivity index is 2.11. The van der Waals surface area contributed by atoms with E-state index in [1.807, 2.05) is 12.1 Å². The van der Waals surface area contributed by atoms with E-state index in [9.17, 15) is 0 Å². The van der Waals surface area contributed by atoms with Gasteiger partial charge in [-0.1, -0.05) is 37.3 Å². The van der Waals surface area contributed by atoms with Crippen molar-refractivity contribution in [3.63, 3.8) is 0 Å². The largest absolute Gasteiger partial charge is 0.399 e. The molecule has 2 rings (SSSR count). The maximum absolute atomic E-state index is 5.74. The fraction of sp³-hybridized carbons (Fsp3) is 0.333. The van der Waals surface area contributed by atoms with E-state index in [0.29, 0.717) is 0 Å². The van der Waals surface area contributed by atoms with E-state index in [4.69, 9.17) is 5.73 Å². The van der Waals surface area contributed by atoms with Crippen LogP contribution < -0.4 is 5.73 Å². The summed E-state index contributed by atoms with van der Waals surface area (Å²) in [5.74, 6) is 0. The fourth-order valence-corrected chi connectivity index (χ4v) is 2.48.